The van der Waals surface area contributed by atoms with E-state index in [4.69, 9.17) is 0 Å². The molecule has 27 heavy (non-hydrogen) atoms. The highest BCUT2D eigenvalue weighted by Gasteiger charge is 2.22. The molecule has 0 spiro atoms. The summed E-state index contributed by atoms with van der Waals surface area (Å²) in [4.78, 5) is 23.2. The third kappa shape index (κ3) is 3.82. The fraction of sp³-hybridized carbons (Fsp3) is 0.294. The van der Waals surface area contributed by atoms with Crippen molar-refractivity contribution in [2.45, 2.75) is 32.2 Å². The minimum atomic E-state index is -2.14. The van der Waals surface area contributed by atoms with E-state index in [1.165, 1.54) is 16.0 Å². The Balaban J connectivity index is 1.84. The third-order valence-electron chi connectivity index (χ3n) is 4.13. The van der Waals surface area contributed by atoms with Gasteiger partial charge in [0.05, 0.1) is 17.1 Å². The topological polar surface area (TPSA) is 101 Å². The van der Waals surface area contributed by atoms with Crippen LogP contribution in [0.3, 0.4) is 0 Å². The van der Waals surface area contributed by atoms with Crippen molar-refractivity contribution in [3.05, 3.63) is 41.6 Å². The summed E-state index contributed by atoms with van der Waals surface area (Å²) in [5, 5.41) is 5.75. The van der Waals surface area contributed by atoms with Crippen LogP contribution < -0.4 is 4.90 Å². The average molecular weight is 406 g/mol. The highest BCUT2D eigenvalue weighted by atomic mass is 32.2. The number of anilines is 1. The lowest BCUT2D eigenvalue weighted by Crippen LogP contribution is -2.30. The maximum absolute atomic E-state index is 12.7. The molecule has 3 aromatic rings. The van der Waals surface area contributed by atoms with Gasteiger partial charge in [0.2, 0.25) is 5.91 Å². The van der Waals surface area contributed by atoms with Crippen molar-refractivity contribution < 1.29 is 13.6 Å². The minimum Gasteiger partial charge on any atom is -0.304 e. The van der Waals surface area contributed by atoms with Crippen molar-refractivity contribution in [2.24, 2.45) is 0 Å². The molecule has 10 heteroatoms. The Bertz CT molecular complexity index is 1010. The molecular formula is C17H19N5O3S2. The molecule has 0 saturated carbocycles. The molecule has 0 aliphatic rings. The van der Waals surface area contributed by atoms with Crippen LogP contribution in [-0.2, 0) is 22.4 Å². The van der Waals surface area contributed by atoms with Gasteiger partial charge in [-0.1, -0.05) is 11.3 Å². The van der Waals surface area contributed by atoms with Gasteiger partial charge in [-0.25, -0.2) is 9.19 Å². The van der Waals surface area contributed by atoms with Gasteiger partial charge in [0, 0.05) is 25.0 Å². The highest BCUT2D eigenvalue weighted by Crippen LogP contribution is 2.33. The summed E-state index contributed by atoms with van der Waals surface area (Å²) in [6.07, 6.45) is 3.43. The molecule has 1 amide bonds. The van der Waals surface area contributed by atoms with Gasteiger partial charge < -0.3 is 9.45 Å². The van der Waals surface area contributed by atoms with E-state index in [2.05, 4.69) is 15.1 Å². The van der Waals surface area contributed by atoms with Gasteiger partial charge in [0.25, 0.3) is 0 Å². The second kappa shape index (κ2) is 7.67. The first-order chi connectivity index (χ1) is 12.8. The molecule has 8 nitrogen and oxygen atoms in total. The minimum absolute atomic E-state index is 0.0278. The number of rotatable bonds is 5. The summed E-state index contributed by atoms with van der Waals surface area (Å²) in [6, 6.07) is 3.76. The summed E-state index contributed by atoms with van der Waals surface area (Å²) in [6.45, 7) is 5.15. The maximum Gasteiger partial charge on any atom is 0.249 e. The molecule has 1 atom stereocenters. The zero-order valence-corrected chi connectivity index (χ0v) is 17.0. The molecular weight excluding hydrogens is 386 g/mol. The van der Waals surface area contributed by atoms with Crippen LogP contribution in [0.5, 0.6) is 0 Å². The summed E-state index contributed by atoms with van der Waals surface area (Å²) < 4.78 is 22.3. The number of pyridine rings is 1. The van der Waals surface area contributed by atoms with Crippen LogP contribution in [0.1, 0.15) is 17.1 Å². The first-order valence-corrected chi connectivity index (χ1v) is 10.0. The lowest BCUT2D eigenvalue weighted by atomic mass is 10.3. The standard InChI is InChI=1S/C17H19N5O3S2/c1-10-15(27(24)25)12(3)22(20-10)9-14(23)21(4)17-11(2)19-16(26-17)13-6-5-7-18-8-13/h5-8H,9H2,1-4H3,(H,24,25). The van der Waals surface area contributed by atoms with E-state index in [9.17, 15) is 13.6 Å². The Morgan fingerprint density at radius 3 is 2.67 bits per heavy atom. The zero-order chi connectivity index (χ0) is 19.7. The molecule has 0 aromatic carbocycles. The van der Waals surface area contributed by atoms with Gasteiger partial charge in [0.1, 0.15) is 21.4 Å². The van der Waals surface area contributed by atoms with Crippen LogP contribution in [-0.4, -0.2) is 41.5 Å². The number of nitrogens with zero attached hydrogens (tertiary/aromatic N) is 5. The number of amides is 1. The molecule has 0 fully saturated rings. The maximum atomic E-state index is 12.7. The Kier molecular flexibility index (Phi) is 5.49. The van der Waals surface area contributed by atoms with Crippen LogP contribution in [0.2, 0.25) is 0 Å². The molecule has 0 aliphatic carbocycles. The van der Waals surface area contributed by atoms with Crippen LogP contribution >= 0.6 is 11.3 Å². The van der Waals surface area contributed by atoms with E-state index < -0.39 is 11.1 Å². The molecule has 3 heterocycles. The number of likely N-dealkylation sites (N-methyl/N-ethyl adjacent to an activating group) is 1. The first-order valence-electron chi connectivity index (χ1n) is 8.08. The monoisotopic (exact) mass is 405 g/mol. The van der Waals surface area contributed by atoms with E-state index in [1.54, 1.807) is 38.2 Å². The average Bonchev–Trinajstić information content (AvgIpc) is 3.14. The van der Waals surface area contributed by atoms with Crippen LogP contribution in [0, 0.1) is 20.8 Å². The number of aromatic nitrogens is 4. The van der Waals surface area contributed by atoms with Gasteiger partial charge in [-0.3, -0.25) is 14.5 Å². The summed E-state index contributed by atoms with van der Waals surface area (Å²) in [5.74, 6) is -0.194. The SMILES string of the molecule is Cc1nc(-c2cccnc2)sc1N(C)C(=O)Cn1nc(C)c(S(=O)O)c1C. The zero-order valence-electron chi connectivity index (χ0n) is 15.3. The second-order valence-corrected chi connectivity index (χ2v) is 7.89. The van der Waals surface area contributed by atoms with E-state index in [-0.39, 0.29) is 17.3 Å². The van der Waals surface area contributed by atoms with Crippen LogP contribution in [0.4, 0.5) is 5.00 Å². The largest absolute Gasteiger partial charge is 0.304 e. The van der Waals surface area contributed by atoms with Crippen molar-refractivity contribution in [2.75, 3.05) is 11.9 Å². The predicted octanol–water partition coefficient (Wildman–Crippen LogP) is 2.57. The fourth-order valence-electron chi connectivity index (χ4n) is 2.75. The van der Waals surface area contributed by atoms with Gasteiger partial charge in [-0.15, -0.1) is 0 Å². The van der Waals surface area contributed by atoms with Crippen molar-refractivity contribution >= 4 is 33.3 Å². The van der Waals surface area contributed by atoms with Crippen LogP contribution in [0.15, 0.2) is 29.4 Å². The smallest absolute Gasteiger partial charge is 0.249 e. The van der Waals surface area contributed by atoms with Crippen molar-refractivity contribution in [1.82, 2.24) is 19.7 Å². The highest BCUT2D eigenvalue weighted by molar-refractivity contribution is 7.79. The molecule has 0 bridgehead atoms. The number of aryl methyl sites for hydroxylation is 2. The van der Waals surface area contributed by atoms with Gasteiger partial charge in [-0.2, -0.15) is 5.10 Å². The quantitative estimate of drug-likeness (QED) is 0.655. The molecule has 0 aliphatic heterocycles. The summed E-state index contributed by atoms with van der Waals surface area (Å²) in [7, 11) is 1.69. The molecule has 142 valence electrons. The summed E-state index contributed by atoms with van der Waals surface area (Å²) in [5.41, 5.74) is 2.59. The predicted molar refractivity (Wildman–Crippen MR) is 104 cm³/mol. The van der Waals surface area contributed by atoms with Gasteiger partial charge >= 0.3 is 0 Å². The van der Waals surface area contributed by atoms with Crippen molar-refractivity contribution in [1.29, 1.82) is 0 Å². The lowest BCUT2D eigenvalue weighted by molar-refractivity contribution is -0.119. The van der Waals surface area contributed by atoms with E-state index in [0.717, 1.165) is 21.3 Å². The second-order valence-electron chi connectivity index (χ2n) is 6.01. The summed E-state index contributed by atoms with van der Waals surface area (Å²) >= 11 is -0.724. The normalized spacial score (nSPS) is 12.2. The van der Waals surface area contributed by atoms with Crippen molar-refractivity contribution in [3.63, 3.8) is 0 Å². The number of carbonyl (C=O) groups is 1. The molecule has 0 saturated heterocycles. The Labute approximate surface area is 163 Å². The van der Waals surface area contributed by atoms with Crippen molar-refractivity contribution in [3.8, 4) is 10.6 Å². The molecule has 1 N–H and O–H groups in total. The number of hydrogen-bond acceptors (Lipinski definition) is 6. The Hall–Kier alpha value is -2.43. The molecule has 3 rings (SSSR count). The van der Waals surface area contributed by atoms with Gasteiger partial charge in [-0.05, 0) is 32.9 Å². The number of thiazole rings is 1. The molecule has 0 radical (unpaired) electrons. The first kappa shape index (κ1) is 19.3. The molecule has 1 unspecified atom stereocenters. The van der Waals surface area contributed by atoms with Crippen LogP contribution in [0.25, 0.3) is 10.6 Å². The van der Waals surface area contributed by atoms with E-state index in [0.29, 0.717) is 11.4 Å². The fourth-order valence-corrected chi connectivity index (χ4v) is 4.43. The Morgan fingerprint density at radius 2 is 2.07 bits per heavy atom. The Morgan fingerprint density at radius 1 is 1.33 bits per heavy atom. The number of carbonyl (C=O) groups excluding carboxylic acids is 1. The van der Waals surface area contributed by atoms with E-state index >= 15 is 0 Å². The van der Waals surface area contributed by atoms with Gasteiger partial charge in [0.15, 0.2) is 11.1 Å². The molecule has 3 aromatic heterocycles. The van der Waals surface area contributed by atoms with E-state index in [1.807, 2.05) is 19.1 Å². The lowest BCUT2D eigenvalue weighted by Gasteiger charge is -2.16. The number of hydrogen-bond donors (Lipinski definition) is 1. The third-order valence-corrected chi connectivity index (χ3v) is 6.36.